The first-order valence-electron chi connectivity index (χ1n) is 6.83. The number of halogens is 1. The summed E-state index contributed by atoms with van der Waals surface area (Å²) in [5.41, 5.74) is 2.57. The van der Waals surface area contributed by atoms with E-state index in [4.69, 9.17) is 9.47 Å². The van der Waals surface area contributed by atoms with Crippen molar-refractivity contribution in [1.82, 2.24) is 10.2 Å². The van der Waals surface area contributed by atoms with Gasteiger partial charge in [-0.15, -0.1) is 0 Å². The minimum atomic E-state index is 0.735. The number of rotatable bonds is 10. The van der Waals surface area contributed by atoms with E-state index in [1.54, 1.807) is 14.2 Å². The van der Waals surface area contributed by atoms with Crippen LogP contribution in [0, 0.1) is 0 Å². The Balaban J connectivity index is 2.66. The second-order valence-corrected chi connectivity index (χ2v) is 5.57. The van der Waals surface area contributed by atoms with Crippen molar-refractivity contribution in [2.24, 2.45) is 0 Å². The van der Waals surface area contributed by atoms with Crippen molar-refractivity contribution in [3.63, 3.8) is 0 Å². The van der Waals surface area contributed by atoms with Gasteiger partial charge in [0.05, 0.1) is 13.2 Å². The van der Waals surface area contributed by atoms with Crippen LogP contribution in [-0.2, 0) is 22.6 Å². The van der Waals surface area contributed by atoms with Crippen molar-refractivity contribution < 1.29 is 9.47 Å². The fourth-order valence-electron chi connectivity index (χ4n) is 1.98. The largest absolute Gasteiger partial charge is 0.383 e. The molecule has 0 radical (unpaired) electrons. The Morgan fingerprint density at radius 2 is 1.80 bits per heavy atom. The second kappa shape index (κ2) is 10.3. The van der Waals surface area contributed by atoms with Gasteiger partial charge in [-0.25, -0.2) is 0 Å². The number of hydrogen-bond donors (Lipinski definition) is 1. The maximum Gasteiger partial charge on any atom is 0.0589 e. The number of methoxy groups -OCH3 is 2. The zero-order chi connectivity index (χ0) is 14.8. The molecule has 0 aliphatic rings. The molecule has 0 aromatic heterocycles. The molecule has 0 heterocycles. The van der Waals surface area contributed by atoms with E-state index in [-0.39, 0.29) is 0 Å². The normalized spacial score (nSPS) is 11.2. The molecule has 20 heavy (non-hydrogen) atoms. The molecule has 1 N–H and O–H groups in total. The number of nitrogens with one attached hydrogen (secondary N) is 1. The summed E-state index contributed by atoms with van der Waals surface area (Å²) in [4.78, 5) is 2.34. The minimum Gasteiger partial charge on any atom is -0.383 e. The van der Waals surface area contributed by atoms with Gasteiger partial charge in [-0.05, 0) is 24.2 Å². The molecule has 0 unspecified atom stereocenters. The van der Waals surface area contributed by atoms with Gasteiger partial charge in [-0.3, -0.25) is 4.90 Å². The Morgan fingerprint density at radius 1 is 1.15 bits per heavy atom. The fraction of sp³-hybridized carbons (Fsp3) is 0.600. The molecule has 114 valence electrons. The van der Waals surface area contributed by atoms with Gasteiger partial charge in [-0.2, -0.15) is 0 Å². The number of ether oxygens (including phenoxy) is 2. The van der Waals surface area contributed by atoms with Crippen molar-refractivity contribution in [3.8, 4) is 0 Å². The molecule has 1 rings (SSSR count). The van der Waals surface area contributed by atoms with Crippen LogP contribution in [0.5, 0.6) is 0 Å². The summed E-state index contributed by atoms with van der Waals surface area (Å²) in [5.74, 6) is 0. The van der Waals surface area contributed by atoms with E-state index in [1.165, 1.54) is 11.1 Å². The molecule has 0 saturated heterocycles. The summed E-state index contributed by atoms with van der Waals surface area (Å²) in [6, 6.07) is 6.53. The molecule has 5 heteroatoms. The lowest BCUT2D eigenvalue weighted by Crippen LogP contribution is -2.30. The Labute approximate surface area is 130 Å². The van der Waals surface area contributed by atoms with Crippen LogP contribution >= 0.6 is 15.9 Å². The lowest BCUT2D eigenvalue weighted by molar-refractivity contribution is 0.110. The molecule has 1 aromatic rings. The molecule has 0 bridgehead atoms. The van der Waals surface area contributed by atoms with Crippen LogP contribution in [0.4, 0.5) is 0 Å². The van der Waals surface area contributed by atoms with Gasteiger partial charge in [0.25, 0.3) is 0 Å². The third-order valence-electron chi connectivity index (χ3n) is 3.12. The van der Waals surface area contributed by atoms with Gasteiger partial charge in [0.15, 0.2) is 0 Å². The van der Waals surface area contributed by atoms with E-state index in [9.17, 15) is 0 Å². The molecule has 0 atom stereocenters. The highest BCUT2D eigenvalue weighted by molar-refractivity contribution is 9.10. The molecule has 0 aliphatic carbocycles. The third-order valence-corrected chi connectivity index (χ3v) is 3.85. The van der Waals surface area contributed by atoms with Crippen LogP contribution in [0.15, 0.2) is 22.7 Å². The lowest BCUT2D eigenvalue weighted by Gasteiger charge is -2.22. The van der Waals surface area contributed by atoms with Crippen LogP contribution in [0.25, 0.3) is 0 Å². The predicted molar refractivity (Wildman–Crippen MR) is 85.9 cm³/mol. The Morgan fingerprint density at radius 3 is 2.30 bits per heavy atom. The van der Waals surface area contributed by atoms with Crippen molar-refractivity contribution in [3.05, 3.63) is 33.8 Å². The van der Waals surface area contributed by atoms with Crippen LogP contribution in [0.2, 0.25) is 0 Å². The van der Waals surface area contributed by atoms with E-state index in [0.29, 0.717) is 0 Å². The average Bonchev–Trinajstić information content (AvgIpc) is 2.44. The van der Waals surface area contributed by atoms with E-state index < -0.39 is 0 Å². The zero-order valence-corrected chi connectivity index (χ0v) is 14.2. The number of hydrogen-bond acceptors (Lipinski definition) is 4. The SMILES string of the molecule is CNCc1ccc(CN(CCOC)CCOC)c(Br)c1. The first-order valence-corrected chi connectivity index (χ1v) is 7.62. The average molecular weight is 345 g/mol. The van der Waals surface area contributed by atoms with Crippen molar-refractivity contribution in [2.45, 2.75) is 13.1 Å². The number of nitrogens with zero attached hydrogens (tertiary/aromatic N) is 1. The van der Waals surface area contributed by atoms with Gasteiger partial charge in [0.2, 0.25) is 0 Å². The summed E-state index contributed by atoms with van der Waals surface area (Å²) in [5, 5.41) is 3.16. The minimum absolute atomic E-state index is 0.735. The summed E-state index contributed by atoms with van der Waals surface area (Å²) < 4.78 is 11.5. The van der Waals surface area contributed by atoms with E-state index in [2.05, 4.69) is 44.3 Å². The Bertz CT molecular complexity index is 380. The summed E-state index contributed by atoms with van der Waals surface area (Å²) in [7, 11) is 5.42. The highest BCUT2D eigenvalue weighted by Gasteiger charge is 2.09. The molecule has 0 aliphatic heterocycles. The standard InChI is InChI=1S/C15H25BrN2O2/c1-17-11-13-4-5-14(15(16)10-13)12-18(6-8-19-2)7-9-20-3/h4-5,10,17H,6-9,11-12H2,1-3H3. The van der Waals surface area contributed by atoms with Crippen LogP contribution in [0.1, 0.15) is 11.1 Å². The maximum atomic E-state index is 5.17. The highest BCUT2D eigenvalue weighted by Crippen LogP contribution is 2.20. The molecule has 0 amide bonds. The molecule has 0 saturated carbocycles. The van der Waals surface area contributed by atoms with Crippen molar-refractivity contribution >= 4 is 15.9 Å². The van der Waals surface area contributed by atoms with Crippen molar-refractivity contribution in [1.29, 1.82) is 0 Å². The smallest absolute Gasteiger partial charge is 0.0589 e. The molecular formula is C15H25BrN2O2. The van der Waals surface area contributed by atoms with Gasteiger partial charge >= 0.3 is 0 Å². The predicted octanol–water partition coefficient (Wildman–Crippen LogP) is 2.26. The van der Waals surface area contributed by atoms with Crippen molar-refractivity contribution in [2.75, 3.05) is 47.6 Å². The van der Waals surface area contributed by atoms with E-state index in [1.807, 2.05) is 7.05 Å². The Kier molecular flexibility index (Phi) is 9.05. The lowest BCUT2D eigenvalue weighted by atomic mass is 10.1. The third kappa shape index (κ3) is 6.33. The summed E-state index contributed by atoms with van der Waals surface area (Å²) in [6.45, 7) is 5.07. The molecule has 1 aromatic carbocycles. The topological polar surface area (TPSA) is 33.7 Å². The number of benzene rings is 1. The highest BCUT2D eigenvalue weighted by atomic mass is 79.9. The van der Waals surface area contributed by atoms with Gasteiger partial charge in [-0.1, -0.05) is 28.1 Å². The van der Waals surface area contributed by atoms with Gasteiger partial charge in [0.1, 0.15) is 0 Å². The van der Waals surface area contributed by atoms with Gasteiger partial charge < -0.3 is 14.8 Å². The molecule has 4 nitrogen and oxygen atoms in total. The van der Waals surface area contributed by atoms with Crippen LogP contribution in [0.3, 0.4) is 0 Å². The maximum absolute atomic E-state index is 5.17. The van der Waals surface area contributed by atoms with Gasteiger partial charge in [0, 0.05) is 44.9 Å². The van der Waals surface area contributed by atoms with Crippen LogP contribution < -0.4 is 5.32 Å². The monoisotopic (exact) mass is 344 g/mol. The van der Waals surface area contributed by atoms with E-state index >= 15 is 0 Å². The van der Waals surface area contributed by atoms with Crippen LogP contribution in [-0.4, -0.2) is 52.5 Å². The first kappa shape index (κ1) is 17.6. The quantitative estimate of drug-likeness (QED) is 0.705. The second-order valence-electron chi connectivity index (χ2n) is 4.72. The van der Waals surface area contributed by atoms with E-state index in [0.717, 1.165) is 43.9 Å². The molecule has 0 fully saturated rings. The summed E-state index contributed by atoms with van der Waals surface area (Å²) in [6.07, 6.45) is 0. The fourth-order valence-corrected chi connectivity index (χ4v) is 2.54. The molecule has 0 spiro atoms. The zero-order valence-electron chi connectivity index (χ0n) is 12.6. The summed E-state index contributed by atoms with van der Waals surface area (Å²) >= 11 is 3.67. The Hall–Kier alpha value is -0.460. The molecular weight excluding hydrogens is 320 g/mol. The first-order chi connectivity index (χ1) is 9.71.